The van der Waals surface area contributed by atoms with E-state index in [1.165, 1.54) is 11.1 Å². The molecule has 2 aromatic rings. The predicted octanol–water partition coefficient (Wildman–Crippen LogP) is 2.53. The van der Waals surface area contributed by atoms with Gasteiger partial charge < -0.3 is 15.2 Å². The topological polar surface area (TPSA) is 41.5 Å². The molecule has 0 saturated carbocycles. The summed E-state index contributed by atoms with van der Waals surface area (Å²) in [5, 5.41) is 13.2. The van der Waals surface area contributed by atoms with Crippen LogP contribution in [0.2, 0.25) is 0 Å². The highest BCUT2D eigenvalue weighted by Crippen LogP contribution is 2.32. The molecule has 0 aromatic heterocycles. The molecular weight excluding hydrogens is 262 g/mol. The number of hydrogen-bond acceptors (Lipinski definition) is 3. The SMILES string of the molecule is OCC1(CNCc2ccccc2)CCc2ccccc2O1. The Balaban J connectivity index is 1.63. The standard InChI is InChI=1S/C18H21NO2/c20-14-18(13-19-12-15-6-2-1-3-7-15)11-10-16-8-4-5-9-17(16)21-18/h1-9,19-20H,10-14H2. The fourth-order valence-corrected chi connectivity index (χ4v) is 2.78. The van der Waals surface area contributed by atoms with Gasteiger partial charge in [0.15, 0.2) is 0 Å². The highest BCUT2D eigenvalue weighted by Gasteiger charge is 2.35. The van der Waals surface area contributed by atoms with Crippen LogP contribution in [0.3, 0.4) is 0 Å². The summed E-state index contributed by atoms with van der Waals surface area (Å²) in [6, 6.07) is 18.3. The van der Waals surface area contributed by atoms with E-state index < -0.39 is 5.60 Å². The van der Waals surface area contributed by atoms with Crippen LogP contribution in [0.1, 0.15) is 17.5 Å². The molecule has 1 aliphatic heterocycles. The molecule has 1 aliphatic rings. The maximum atomic E-state index is 9.80. The third-order valence-corrected chi connectivity index (χ3v) is 4.06. The average molecular weight is 283 g/mol. The number of benzene rings is 2. The first-order chi connectivity index (χ1) is 10.3. The Morgan fingerprint density at radius 2 is 1.81 bits per heavy atom. The molecule has 2 N–H and O–H groups in total. The first-order valence-corrected chi connectivity index (χ1v) is 7.44. The number of rotatable bonds is 5. The Bertz CT molecular complexity index is 585. The number of nitrogens with one attached hydrogen (secondary N) is 1. The molecule has 1 unspecified atom stereocenters. The molecule has 110 valence electrons. The van der Waals surface area contributed by atoms with Crippen molar-refractivity contribution < 1.29 is 9.84 Å². The van der Waals surface area contributed by atoms with Crippen molar-refractivity contribution in [3.05, 3.63) is 65.7 Å². The highest BCUT2D eigenvalue weighted by molar-refractivity contribution is 5.36. The third kappa shape index (κ3) is 3.26. The van der Waals surface area contributed by atoms with E-state index in [2.05, 4.69) is 23.5 Å². The molecule has 1 atom stereocenters. The zero-order valence-corrected chi connectivity index (χ0v) is 12.1. The molecule has 0 amide bonds. The Morgan fingerprint density at radius 1 is 1.05 bits per heavy atom. The van der Waals surface area contributed by atoms with Gasteiger partial charge in [0.05, 0.1) is 6.61 Å². The molecule has 3 heteroatoms. The fraction of sp³-hybridized carbons (Fsp3) is 0.333. The zero-order valence-electron chi connectivity index (χ0n) is 12.1. The normalized spacial score (nSPS) is 20.6. The smallest absolute Gasteiger partial charge is 0.145 e. The number of aryl methyl sites for hydroxylation is 1. The van der Waals surface area contributed by atoms with Crippen molar-refractivity contribution >= 4 is 0 Å². The van der Waals surface area contributed by atoms with Crippen LogP contribution < -0.4 is 10.1 Å². The Hall–Kier alpha value is -1.84. The van der Waals surface area contributed by atoms with Gasteiger partial charge in [-0.25, -0.2) is 0 Å². The van der Waals surface area contributed by atoms with Crippen LogP contribution in [-0.2, 0) is 13.0 Å². The highest BCUT2D eigenvalue weighted by atomic mass is 16.5. The number of ether oxygens (including phenoxy) is 1. The molecule has 0 saturated heterocycles. The molecule has 0 radical (unpaired) electrons. The molecule has 0 fully saturated rings. The largest absolute Gasteiger partial charge is 0.483 e. The number of aliphatic hydroxyl groups is 1. The lowest BCUT2D eigenvalue weighted by atomic mass is 9.91. The number of hydrogen-bond donors (Lipinski definition) is 2. The predicted molar refractivity (Wildman–Crippen MR) is 83.4 cm³/mol. The summed E-state index contributed by atoms with van der Waals surface area (Å²) < 4.78 is 6.09. The monoisotopic (exact) mass is 283 g/mol. The van der Waals surface area contributed by atoms with Crippen molar-refractivity contribution in [2.75, 3.05) is 13.2 Å². The van der Waals surface area contributed by atoms with E-state index in [9.17, 15) is 5.11 Å². The molecule has 3 rings (SSSR count). The van der Waals surface area contributed by atoms with Gasteiger partial charge in [0.2, 0.25) is 0 Å². The minimum absolute atomic E-state index is 0.0309. The van der Waals surface area contributed by atoms with Crippen LogP contribution in [0.25, 0.3) is 0 Å². The van der Waals surface area contributed by atoms with Gasteiger partial charge in [0.1, 0.15) is 11.4 Å². The lowest BCUT2D eigenvalue weighted by Crippen LogP contribution is -2.50. The quantitative estimate of drug-likeness (QED) is 0.886. The molecule has 1 heterocycles. The van der Waals surface area contributed by atoms with Crippen molar-refractivity contribution in [1.29, 1.82) is 0 Å². The molecule has 21 heavy (non-hydrogen) atoms. The lowest BCUT2D eigenvalue weighted by molar-refractivity contribution is -0.00697. The molecule has 2 aromatic carbocycles. The number of fused-ring (bicyclic) bond motifs is 1. The van der Waals surface area contributed by atoms with Crippen LogP contribution in [0, 0.1) is 0 Å². The van der Waals surface area contributed by atoms with E-state index >= 15 is 0 Å². The Morgan fingerprint density at radius 3 is 2.62 bits per heavy atom. The van der Waals surface area contributed by atoms with Gasteiger partial charge in [-0.1, -0.05) is 48.5 Å². The van der Waals surface area contributed by atoms with Crippen LogP contribution in [0.5, 0.6) is 5.75 Å². The lowest BCUT2D eigenvalue weighted by Gasteiger charge is -2.37. The first-order valence-electron chi connectivity index (χ1n) is 7.44. The summed E-state index contributed by atoms with van der Waals surface area (Å²) in [6.07, 6.45) is 1.78. The van der Waals surface area contributed by atoms with Gasteiger partial charge in [-0.3, -0.25) is 0 Å². The van der Waals surface area contributed by atoms with Crippen LogP contribution in [-0.4, -0.2) is 23.9 Å². The maximum Gasteiger partial charge on any atom is 0.145 e. The van der Waals surface area contributed by atoms with E-state index in [0.29, 0.717) is 6.54 Å². The van der Waals surface area contributed by atoms with E-state index in [4.69, 9.17) is 4.74 Å². The van der Waals surface area contributed by atoms with E-state index in [0.717, 1.165) is 25.1 Å². The van der Waals surface area contributed by atoms with Gasteiger partial charge in [-0.2, -0.15) is 0 Å². The molecule has 0 spiro atoms. The van der Waals surface area contributed by atoms with Crippen molar-refractivity contribution in [2.24, 2.45) is 0 Å². The number of aliphatic hydroxyl groups excluding tert-OH is 1. The summed E-state index contributed by atoms with van der Waals surface area (Å²) in [6.45, 7) is 1.46. The van der Waals surface area contributed by atoms with Crippen molar-refractivity contribution in [2.45, 2.75) is 25.0 Å². The number of para-hydroxylation sites is 1. The first kappa shape index (κ1) is 14.1. The van der Waals surface area contributed by atoms with E-state index in [-0.39, 0.29) is 6.61 Å². The van der Waals surface area contributed by atoms with Gasteiger partial charge >= 0.3 is 0 Å². The van der Waals surface area contributed by atoms with Crippen LogP contribution >= 0.6 is 0 Å². The summed E-state index contributed by atoms with van der Waals surface area (Å²) in [7, 11) is 0. The van der Waals surface area contributed by atoms with Crippen molar-refractivity contribution in [3.63, 3.8) is 0 Å². The van der Waals surface area contributed by atoms with Crippen LogP contribution in [0.4, 0.5) is 0 Å². The Labute approximate surface area is 125 Å². The van der Waals surface area contributed by atoms with Crippen LogP contribution in [0.15, 0.2) is 54.6 Å². The third-order valence-electron chi connectivity index (χ3n) is 4.06. The molecule has 0 aliphatic carbocycles. The average Bonchev–Trinajstić information content (AvgIpc) is 2.56. The maximum absolute atomic E-state index is 9.80. The van der Waals surface area contributed by atoms with Crippen molar-refractivity contribution in [3.8, 4) is 5.75 Å². The molecule has 3 nitrogen and oxygen atoms in total. The summed E-state index contributed by atoms with van der Waals surface area (Å²) in [5.41, 5.74) is 1.95. The van der Waals surface area contributed by atoms with Gasteiger partial charge in [-0.15, -0.1) is 0 Å². The fourth-order valence-electron chi connectivity index (χ4n) is 2.78. The zero-order chi connectivity index (χ0) is 14.5. The van der Waals surface area contributed by atoms with E-state index in [1.54, 1.807) is 0 Å². The van der Waals surface area contributed by atoms with Gasteiger partial charge in [0, 0.05) is 13.1 Å². The second-order valence-electron chi connectivity index (χ2n) is 5.64. The minimum Gasteiger partial charge on any atom is -0.483 e. The van der Waals surface area contributed by atoms with Gasteiger partial charge in [0.25, 0.3) is 0 Å². The molecule has 0 bridgehead atoms. The minimum atomic E-state index is -0.511. The van der Waals surface area contributed by atoms with Crippen molar-refractivity contribution in [1.82, 2.24) is 5.32 Å². The summed E-state index contributed by atoms with van der Waals surface area (Å²) in [4.78, 5) is 0. The second-order valence-corrected chi connectivity index (χ2v) is 5.64. The summed E-state index contributed by atoms with van der Waals surface area (Å²) >= 11 is 0. The Kier molecular flexibility index (Phi) is 4.23. The van der Waals surface area contributed by atoms with Gasteiger partial charge in [-0.05, 0) is 30.0 Å². The molecular formula is C18H21NO2. The summed E-state index contributed by atoms with van der Waals surface area (Å²) in [5.74, 6) is 0.902. The second kappa shape index (κ2) is 6.29. The van der Waals surface area contributed by atoms with E-state index in [1.807, 2.05) is 36.4 Å².